The highest BCUT2D eigenvalue weighted by Gasteiger charge is 2.18. The predicted octanol–water partition coefficient (Wildman–Crippen LogP) is 4.87. The lowest BCUT2D eigenvalue weighted by molar-refractivity contribution is 0.0774. The number of hydrogen-bond donors (Lipinski definition) is 1. The molecule has 4 heteroatoms. The van der Waals surface area contributed by atoms with Crippen LogP contribution in [-0.2, 0) is 0 Å². The molecule has 2 aromatic carbocycles. The minimum absolute atomic E-state index is 0.0106. The first-order chi connectivity index (χ1) is 10.6. The number of nitrogens with zero attached hydrogens (tertiary/aromatic N) is 1. The summed E-state index contributed by atoms with van der Waals surface area (Å²) in [6, 6.07) is 13.3. The number of nitrogens with one attached hydrogen (secondary N) is 1. The standard InChI is InChI=1S/C18H21ClN2O/c1-4-21(5-2)18(22)14-10-8-11-15(19)17(14)20-16-12-7-6-9-13(16)3/h6-12,20H,4-5H2,1-3H3. The molecule has 0 saturated carbocycles. The smallest absolute Gasteiger partial charge is 0.255 e. The van der Waals surface area contributed by atoms with Gasteiger partial charge in [-0.2, -0.15) is 0 Å². The maximum atomic E-state index is 12.7. The summed E-state index contributed by atoms with van der Waals surface area (Å²) in [5, 5.41) is 3.86. The van der Waals surface area contributed by atoms with E-state index in [4.69, 9.17) is 11.6 Å². The molecule has 2 aromatic rings. The van der Waals surface area contributed by atoms with E-state index in [2.05, 4.69) is 5.32 Å². The van der Waals surface area contributed by atoms with Crippen molar-refractivity contribution in [1.29, 1.82) is 0 Å². The van der Waals surface area contributed by atoms with Crippen LogP contribution in [0.3, 0.4) is 0 Å². The van der Waals surface area contributed by atoms with Gasteiger partial charge in [-0.3, -0.25) is 4.79 Å². The van der Waals surface area contributed by atoms with Gasteiger partial charge in [-0.05, 0) is 44.5 Å². The Labute approximate surface area is 136 Å². The molecule has 0 saturated heterocycles. The Balaban J connectivity index is 2.43. The van der Waals surface area contributed by atoms with Crippen LogP contribution in [0, 0.1) is 6.92 Å². The highest BCUT2D eigenvalue weighted by atomic mass is 35.5. The summed E-state index contributed by atoms with van der Waals surface area (Å²) in [5.74, 6) is -0.0106. The molecule has 0 atom stereocenters. The number of hydrogen-bond acceptors (Lipinski definition) is 2. The average molecular weight is 317 g/mol. The van der Waals surface area contributed by atoms with E-state index in [1.165, 1.54) is 0 Å². The van der Waals surface area contributed by atoms with Crippen molar-refractivity contribution in [2.75, 3.05) is 18.4 Å². The first-order valence-electron chi connectivity index (χ1n) is 7.48. The zero-order chi connectivity index (χ0) is 16.1. The Morgan fingerprint density at radius 2 is 1.77 bits per heavy atom. The van der Waals surface area contributed by atoms with E-state index in [0.29, 0.717) is 29.4 Å². The molecule has 0 aliphatic carbocycles. The maximum absolute atomic E-state index is 12.7. The number of benzene rings is 2. The van der Waals surface area contributed by atoms with Crippen molar-refractivity contribution in [3.8, 4) is 0 Å². The van der Waals surface area contributed by atoms with Gasteiger partial charge in [-0.1, -0.05) is 35.9 Å². The van der Waals surface area contributed by atoms with Gasteiger partial charge in [0.05, 0.1) is 16.3 Å². The first kappa shape index (κ1) is 16.4. The highest BCUT2D eigenvalue weighted by molar-refractivity contribution is 6.34. The molecule has 0 aliphatic rings. The van der Waals surface area contributed by atoms with Crippen LogP contribution in [0.5, 0.6) is 0 Å². The summed E-state index contributed by atoms with van der Waals surface area (Å²) < 4.78 is 0. The van der Waals surface area contributed by atoms with Crippen molar-refractivity contribution in [2.45, 2.75) is 20.8 Å². The summed E-state index contributed by atoms with van der Waals surface area (Å²) in [5.41, 5.74) is 3.31. The molecule has 1 N–H and O–H groups in total. The lowest BCUT2D eigenvalue weighted by Gasteiger charge is -2.21. The molecule has 0 spiro atoms. The van der Waals surface area contributed by atoms with Crippen LogP contribution in [0.15, 0.2) is 42.5 Å². The van der Waals surface area contributed by atoms with Gasteiger partial charge >= 0.3 is 0 Å². The molecule has 3 nitrogen and oxygen atoms in total. The molecular formula is C18H21ClN2O. The summed E-state index contributed by atoms with van der Waals surface area (Å²) in [4.78, 5) is 14.5. The molecular weight excluding hydrogens is 296 g/mol. The van der Waals surface area contributed by atoms with Crippen LogP contribution in [-0.4, -0.2) is 23.9 Å². The molecule has 116 valence electrons. The highest BCUT2D eigenvalue weighted by Crippen LogP contribution is 2.31. The Bertz CT molecular complexity index is 666. The van der Waals surface area contributed by atoms with Crippen LogP contribution in [0.2, 0.25) is 5.02 Å². The third kappa shape index (κ3) is 3.42. The molecule has 0 heterocycles. The monoisotopic (exact) mass is 316 g/mol. The van der Waals surface area contributed by atoms with Crippen LogP contribution in [0.1, 0.15) is 29.8 Å². The summed E-state index contributed by atoms with van der Waals surface area (Å²) in [6.07, 6.45) is 0. The fourth-order valence-corrected chi connectivity index (χ4v) is 2.58. The van der Waals surface area contributed by atoms with Gasteiger partial charge in [0.25, 0.3) is 5.91 Å². The third-order valence-electron chi connectivity index (χ3n) is 3.70. The van der Waals surface area contributed by atoms with E-state index in [9.17, 15) is 4.79 Å². The van der Waals surface area contributed by atoms with Gasteiger partial charge in [-0.25, -0.2) is 0 Å². The second kappa shape index (κ2) is 7.32. The Hall–Kier alpha value is -2.00. The Morgan fingerprint density at radius 1 is 1.09 bits per heavy atom. The molecule has 22 heavy (non-hydrogen) atoms. The zero-order valence-corrected chi connectivity index (χ0v) is 13.9. The SMILES string of the molecule is CCN(CC)C(=O)c1cccc(Cl)c1Nc1ccccc1C. The number of aryl methyl sites for hydroxylation is 1. The molecule has 0 unspecified atom stereocenters. The Kier molecular flexibility index (Phi) is 5.45. The molecule has 0 aromatic heterocycles. The quantitative estimate of drug-likeness (QED) is 0.853. The summed E-state index contributed by atoms with van der Waals surface area (Å²) in [7, 11) is 0. The van der Waals surface area contributed by atoms with Crippen LogP contribution in [0.4, 0.5) is 11.4 Å². The van der Waals surface area contributed by atoms with Gasteiger partial charge in [0.2, 0.25) is 0 Å². The minimum Gasteiger partial charge on any atom is -0.353 e. The van der Waals surface area contributed by atoms with Gasteiger partial charge in [-0.15, -0.1) is 0 Å². The first-order valence-corrected chi connectivity index (χ1v) is 7.86. The maximum Gasteiger partial charge on any atom is 0.255 e. The third-order valence-corrected chi connectivity index (χ3v) is 4.01. The van der Waals surface area contributed by atoms with Crippen molar-refractivity contribution in [3.63, 3.8) is 0 Å². The van der Waals surface area contributed by atoms with E-state index < -0.39 is 0 Å². The van der Waals surface area contributed by atoms with Crippen LogP contribution >= 0.6 is 11.6 Å². The second-order valence-corrected chi connectivity index (χ2v) is 5.49. The number of carbonyl (C=O) groups is 1. The predicted molar refractivity (Wildman–Crippen MR) is 93.2 cm³/mol. The van der Waals surface area contributed by atoms with Crippen molar-refractivity contribution in [3.05, 3.63) is 58.6 Å². The number of anilines is 2. The molecule has 1 amide bonds. The van der Waals surface area contributed by atoms with E-state index in [1.807, 2.05) is 57.2 Å². The number of rotatable bonds is 5. The fraction of sp³-hybridized carbons (Fsp3) is 0.278. The fourth-order valence-electron chi connectivity index (χ4n) is 2.36. The summed E-state index contributed by atoms with van der Waals surface area (Å²) in [6.45, 7) is 7.31. The van der Waals surface area contributed by atoms with Crippen molar-refractivity contribution in [1.82, 2.24) is 4.90 Å². The Morgan fingerprint density at radius 3 is 2.41 bits per heavy atom. The number of amides is 1. The van der Waals surface area contributed by atoms with Gasteiger partial charge in [0.15, 0.2) is 0 Å². The van der Waals surface area contributed by atoms with Crippen molar-refractivity contribution in [2.24, 2.45) is 0 Å². The molecule has 0 fully saturated rings. The average Bonchev–Trinajstić information content (AvgIpc) is 2.52. The lowest BCUT2D eigenvalue weighted by atomic mass is 10.1. The van der Waals surface area contributed by atoms with Crippen molar-refractivity contribution < 1.29 is 4.79 Å². The topological polar surface area (TPSA) is 32.3 Å². The number of carbonyl (C=O) groups excluding carboxylic acids is 1. The normalized spacial score (nSPS) is 10.4. The zero-order valence-electron chi connectivity index (χ0n) is 13.2. The van der Waals surface area contributed by atoms with E-state index in [-0.39, 0.29) is 5.91 Å². The lowest BCUT2D eigenvalue weighted by Crippen LogP contribution is -2.31. The molecule has 0 radical (unpaired) electrons. The van der Waals surface area contributed by atoms with Gasteiger partial charge in [0.1, 0.15) is 0 Å². The second-order valence-electron chi connectivity index (χ2n) is 5.08. The van der Waals surface area contributed by atoms with E-state index in [1.54, 1.807) is 11.0 Å². The van der Waals surface area contributed by atoms with E-state index >= 15 is 0 Å². The van der Waals surface area contributed by atoms with E-state index in [0.717, 1.165) is 11.3 Å². The largest absolute Gasteiger partial charge is 0.353 e. The summed E-state index contributed by atoms with van der Waals surface area (Å²) >= 11 is 6.33. The van der Waals surface area contributed by atoms with Crippen LogP contribution < -0.4 is 5.32 Å². The van der Waals surface area contributed by atoms with Gasteiger partial charge in [0, 0.05) is 18.8 Å². The number of halogens is 1. The van der Waals surface area contributed by atoms with Gasteiger partial charge < -0.3 is 10.2 Å². The van der Waals surface area contributed by atoms with Crippen LogP contribution in [0.25, 0.3) is 0 Å². The minimum atomic E-state index is -0.0106. The molecule has 0 bridgehead atoms. The molecule has 2 rings (SSSR count). The molecule has 0 aliphatic heterocycles. The van der Waals surface area contributed by atoms with Crippen molar-refractivity contribution >= 4 is 28.9 Å². The number of para-hydroxylation sites is 2.